The van der Waals surface area contributed by atoms with Crippen LogP contribution in [-0.4, -0.2) is 33.1 Å². The Balaban J connectivity index is 1.57. The van der Waals surface area contributed by atoms with E-state index in [-0.39, 0.29) is 24.1 Å². The number of pyridine rings is 1. The number of aliphatic hydroxyl groups is 1. The van der Waals surface area contributed by atoms with Crippen molar-refractivity contribution in [1.82, 2.24) is 20.3 Å². The van der Waals surface area contributed by atoms with Gasteiger partial charge in [0.25, 0.3) is 5.91 Å². The molecule has 2 heterocycles. The van der Waals surface area contributed by atoms with Crippen LogP contribution >= 0.6 is 0 Å². The number of fused-ring (bicyclic) bond motifs is 1. The third-order valence-electron chi connectivity index (χ3n) is 5.04. The highest BCUT2D eigenvalue weighted by Crippen LogP contribution is 2.39. The molecule has 28 heavy (non-hydrogen) atoms. The van der Waals surface area contributed by atoms with Crippen molar-refractivity contribution < 1.29 is 14.6 Å². The Kier molecular flexibility index (Phi) is 4.56. The van der Waals surface area contributed by atoms with Crippen molar-refractivity contribution in [1.29, 1.82) is 0 Å². The second-order valence-corrected chi connectivity index (χ2v) is 6.87. The van der Waals surface area contributed by atoms with Crippen LogP contribution in [0.4, 0.5) is 5.95 Å². The van der Waals surface area contributed by atoms with Crippen LogP contribution in [0.15, 0.2) is 36.4 Å². The maximum atomic E-state index is 12.8. The number of rotatable bonds is 5. The summed E-state index contributed by atoms with van der Waals surface area (Å²) in [5.41, 5.74) is 6.91. The molecule has 144 valence electrons. The molecule has 0 saturated heterocycles. The van der Waals surface area contributed by atoms with Crippen molar-refractivity contribution in [3.63, 3.8) is 0 Å². The Morgan fingerprint density at radius 3 is 2.71 bits per heavy atom. The second kappa shape index (κ2) is 7.05. The number of carbonyl (C=O) groups is 1. The normalized spacial score (nSPS) is 15.1. The molecule has 0 unspecified atom stereocenters. The Bertz CT molecular complexity index is 1050. The number of hydrogen-bond acceptors (Lipinski definition) is 7. The minimum absolute atomic E-state index is 0.00511. The quantitative estimate of drug-likeness (QED) is 0.619. The summed E-state index contributed by atoms with van der Waals surface area (Å²) in [7, 11) is 1.53. The number of hydrogen-bond donors (Lipinski definition) is 3. The van der Waals surface area contributed by atoms with Gasteiger partial charge in [0.15, 0.2) is 0 Å². The molecule has 8 heteroatoms. The van der Waals surface area contributed by atoms with Gasteiger partial charge in [-0.3, -0.25) is 9.78 Å². The molecule has 4 rings (SSSR count). The number of carbonyl (C=O) groups excluding carboxylic acids is 1. The van der Waals surface area contributed by atoms with Crippen LogP contribution in [0.5, 0.6) is 5.75 Å². The van der Waals surface area contributed by atoms with E-state index in [2.05, 4.69) is 20.3 Å². The van der Waals surface area contributed by atoms with Gasteiger partial charge in [0.05, 0.1) is 25.0 Å². The average Bonchev–Trinajstić information content (AvgIpc) is 2.69. The Hall–Kier alpha value is -3.26. The zero-order chi connectivity index (χ0) is 19.7. The van der Waals surface area contributed by atoms with Crippen LogP contribution < -0.4 is 15.8 Å². The van der Waals surface area contributed by atoms with Crippen molar-refractivity contribution >= 4 is 22.8 Å². The summed E-state index contributed by atoms with van der Waals surface area (Å²) in [6, 6.07) is 10.7. The second-order valence-electron chi connectivity index (χ2n) is 6.87. The SMILES string of the molecule is COc1cccc2c(C(=O)NCc3cccc(C4(O)CCC4)n3)nc(N)nc12. The summed E-state index contributed by atoms with van der Waals surface area (Å²) in [6.45, 7) is 0.206. The molecule has 1 aliphatic carbocycles. The lowest BCUT2D eigenvalue weighted by atomic mass is 9.77. The molecular formula is C20H21N5O3. The van der Waals surface area contributed by atoms with Gasteiger partial charge in [0.2, 0.25) is 5.95 Å². The zero-order valence-corrected chi connectivity index (χ0v) is 15.5. The summed E-state index contributed by atoms with van der Waals surface area (Å²) >= 11 is 0. The molecule has 0 aliphatic heterocycles. The minimum Gasteiger partial charge on any atom is -0.494 e. The summed E-state index contributed by atoms with van der Waals surface area (Å²) in [6.07, 6.45) is 2.42. The number of amides is 1. The number of para-hydroxylation sites is 1. The molecular weight excluding hydrogens is 358 g/mol. The van der Waals surface area contributed by atoms with Gasteiger partial charge >= 0.3 is 0 Å². The van der Waals surface area contributed by atoms with E-state index in [1.807, 2.05) is 12.1 Å². The van der Waals surface area contributed by atoms with E-state index in [0.717, 1.165) is 6.42 Å². The molecule has 1 amide bonds. The Morgan fingerprint density at radius 2 is 2.00 bits per heavy atom. The van der Waals surface area contributed by atoms with Gasteiger partial charge in [-0.15, -0.1) is 0 Å². The molecule has 8 nitrogen and oxygen atoms in total. The third-order valence-corrected chi connectivity index (χ3v) is 5.04. The smallest absolute Gasteiger partial charge is 0.271 e. The lowest BCUT2D eigenvalue weighted by molar-refractivity contribution is -0.0427. The average molecular weight is 379 g/mol. The number of benzene rings is 1. The summed E-state index contributed by atoms with van der Waals surface area (Å²) < 4.78 is 5.30. The molecule has 0 atom stereocenters. The van der Waals surface area contributed by atoms with Gasteiger partial charge in [-0.05, 0) is 37.5 Å². The van der Waals surface area contributed by atoms with Crippen molar-refractivity contribution in [3.05, 3.63) is 53.5 Å². The number of anilines is 1. The standard InChI is InChI=1S/C20H21N5O3/c1-28-14-7-3-6-13-16(14)24-19(21)25-17(13)18(26)22-11-12-5-2-8-15(23-12)20(27)9-4-10-20/h2-3,5-8,27H,4,9-11H2,1H3,(H,22,26)(H2,21,24,25). The van der Waals surface area contributed by atoms with Gasteiger partial charge in [0.1, 0.15) is 22.6 Å². The zero-order valence-electron chi connectivity index (χ0n) is 15.5. The topological polar surface area (TPSA) is 123 Å². The molecule has 1 aliphatic rings. The van der Waals surface area contributed by atoms with Crippen molar-refractivity contribution in [2.24, 2.45) is 0 Å². The lowest BCUT2D eigenvalue weighted by Gasteiger charge is -2.36. The highest BCUT2D eigenvalue weighted by atomic mass is 16.5. The molecule has 1 aromatic carbocycles. The van der Waals surface area contributed by atoms with Gasteiger partial charge in [-0.25, -0.2) is 9.97 Å². The summed E-state index contributed by atoms with van der Waals surface area (Å²) in [4.78, 5) is 25.5. The fraction of sp³-hybridized carbons (Fsp3) is 0.300. The maximum Gasteiger partial charge on any atom is 0.271 e. The fourth-order valence-corrected chi connectivity index (χ4v) is 3.34. The van der Waals surface area contributed by atoms with E-state index in [0.29, 0.717) is 40.9 Å². The number of aromatic nitrogens is 3. The molecule has 0 radical (unpaired) electrons. The van der Waals surface area contributed by atoms with E-state index in [9.17, 15) is 9.90 Å². The molecule has 2 aromatic heterocycles. The largest absolute Gasteiger partial charge is 0.494 e. The van der Waals surface area contributed by atoms with E-state index in [1.165, 1.54) is 7.11 Å². The molecule has 0 spiro atoms. The van der Waals surface area contributed by atoms with Crippen molar-refractivity contribution in [3.8, 4) is 5.75 Å². The van der Waals surface area contributed by atoms with Crippen molar-refractivity contribution in [2.45, 2.75) is 31.4 Å². The fourth-order valence-electron chi connectivity index (χ4n) is 3.34. The highest BCUT2D eigenvalue weighted by Gasteiger charge is 2.37. The minimum atomic E-state index is -0.839. The summed E-state index contributed by atoms with van der Waals surface area (Å²) in [5, 5.41) is 13.8. The number of nitrogens with one attached hydrogen (secondary N) is 1. The van der Waals surface area contributed by atoms with Crippen LogP contribution in [-0.2, 0) is 12.1 Å². The molecule has 0 bridgehead atoms. The monoisotopic (exact) mass is 379 g/mol. The van der Waals surface area contributed by atoms with Gasteiger partial charge in [-0.1, -0.05) is 18.2 Å². The van der Waals surface area contributed by atoms with E-state index < -0.39 is 5.60 Å². The van der Waals surface area contributed by atoms with Crippen LogP contribution in [0.3, 0.4) is 0 Å². The Labute approximate surface area is 161 Å². The van der Waals surface area contributed by atoms with E-state index in [1.54, 1.807) is 24.3 Å². The molecule has 1 saturated carbocycles. The van der Waals surface area contributed by atoms with E-state index >= 15 is 0 Å². The van der Waals surface area contributed by atoms with Crippen molar-refractivity contribution in [2.75, 3.05) is 12.8 Å². The van der Waals surface area contributed by atoms with Crippen LogP contribution in [0, 0.1) is 0 Å². The first-order valence-corrected chi connectivity index (χ1v) is 9.07. The van der Waals surface area contributed by atoms with Crippen LogP contribution in [0.25, 0.3) is 10.9 Å². The number of nitrogens with zero attached hydrogens (tertiary/aromatic N) is 3. The first-order chi connectivity index (χ1) is 13.5. The van der Waals surface area contributed by atoms with Crippen LogP contribution in [0.2, 0.25) is 0 Å². The number of nitrogens with two attached hydrogens (primary N) is 1. The third kappa shape index (κ3) is 3.22. The number of nitrogen functional groups attached to an aromatic ring is 1. The van der Waals surface area contributed by atoms with Gasteiger partial charge < -0.3 is 20.9 Å². The van der Waals surface area contributed by atoms with Crippen LogP contribution in [0.1, 0.15) is 41.1 Å². The maximum absolute atomic E-state index is 12.8. The molecule has 4 N–H and O–H groups in total. The predicted octanol–water partition coefficient (Wildman–Crippen LogP) is 1.92. The van der Waals surface area contributed by atoms with Gasteiger partial charge in [0, 0.05) is 5.39 Å². The first-order valence-electron chi connectivity index (χ1n) is 9.07. The Morgan fingerprint density at radius 1 is 1.21 bits per heavy atom. The first kappa shape index (κ1) is 18.1. The lowest BCUT2D eigenvalue weighted by Crippen LogP contribution is -2.35. The number of ether oxygens (including phenoxy) is 1. The summed E-state index contributed by atoms with van der Waals surface area (Å²) in [5.74, 6) is 0.125. The van der Waals surface area contributed by atoms with E-state index in [4.69, 9.17) is 10.5 Å². The number of methoxy groups -OCH3 is 1. The molecule has 3 aromatic rings. The highest BCUT2D eigenvalue weighted by molar-refractivity contribution is 6.05. The molecule has 1 fully saturated rings. The van der Waals surface area contributed by atoms with Gasteiger partial charge in [-0.2, -0.15) is 0 Å². The predicted molar refractivity (Wildman–Crippen MR) is 104 cm³/mol.